The molecule has 0 saturated carbocycles. The Hall–Kier alpha value is -3.10. The highest BCUT2D eigenvalue weighted by Gasteiger charge is 2.45. The molecule has 162 valence electrons. The van der Waals surface area contributed by atoms with E-state index in [1.165, 1.54) is 28.4 Å². The molecule has 1 atom stereocenters. The van der Waals surface area contributed by atoms with Crippen LogP contribution in [0, 0.1) is 11.7 Å². The van der Waals surface area contributed by atoms with Crippen molar-refractivity contribution in [3.05, 3.63) is 85.4 Å². The summed E-state index contributed by atoms with van der Waals surface area (Å²) in [6, 6.07) is 9.73. The molecule has 1 amide bonds. The highest BCUT2D eigenvalue weighted by molar-refractivity contribution is 7.15. The second-order valence-electron chi connectivity index (χ2n) is 8.02. The Balaban J connectivity index is 1.74. The number of nitrogens with zero attached hydrogens (tertiary/aromatic N) is 3. The molecule has 9 heteroatoms. The van der Waals surface area contributed by atoms with Gasteiger partial charge >= 0.3 is 0 Å². The zero-order valence-electron chi connectivity index (χ0n) is 17.1. The molecule has 1 aliphatic heterocycles. The largest absolute Gasteiger partial charge is 0.450 e. The third-order valence-corrected chi connectivity index (χ3v) is 6.46. The average Bonchev–Trinajstić information content (AvgIpc) is 3.31. The van der Waals surface area contributed by atoms with E-state index in [4.69, 9.17) is 16.0 Å². The van der Waals surface area contributed by atoms with Crippen LogP contribution < -0.4 is 10.3 Å². The van der Waals surface area contributed by atoms with Crippen molar-refractivity contribution in [2.45, 2.75) is 26.3 Å². The molecule has 1 aliphatic rings. The van der Waals surface area contributed by atoms with E-state index >= 15 is 0 Å². The number of benzene rings is 2. The van der Waals surface area contributed by atoms with Crippen molar-refractivity contribution in [2.24, 2.45) is 5.92 Å². The van der Waals surface area contributed by atoms with Gasteiger partial charge in [0.15, 0.2) is 5.43 Å². The predicted molar refractivity (Wildman–Crippen MR) is 121 cm³/mol. The zero-order valence-corrected chi connectivity index (χ0v) is 18.7. The molecule has 6 nitrogen and oxygen atoms in total. The molecule has 4 aromatic rings. The van der Waals surface area contributed by atoms with Crippen LogP contribution in [0.5, 0.6) is 0 Å². The SMILES string of the molecule is CC(C)Cc1nnc(N2C(=O)c3oc4ccc(F)cc4c(=O)c3[C@@H]2c2ccc(Cl)cc2)s1. The van der Waals surface area contributed by atoms with Crippen molar-refractivity contribution in [1.82, 2.24) is 10.2 Å². The van der Waals surface area contributed by atoms with Crippen LogP contribution in [-0.4, -0.2) is 16.1 Å². The lowest BCUT2D eigenvalue weighted by atomic mass is 9.99. The van der Waals surface area contributed by atoms with Crippen molar-refractivity contribution < 1.29 is 13.6 Å². The van der Waals surface area contributed by atoms with Gasteiger partial charge in [-0.05, 0) is 41.8 Å². The van der Waals surface area contributed by atoms with Gasteiger partial charge in [0.05, 0.1) is 17.0 Å². The maximum Gasteiger partial charge on any atom is 0.297 e. The Morgan fingerprint density at radius 3 is 2.62 bits per heavy atom. The minimum Gasteiger partial charge on any atom is -0.450 e. The summed E-state index contributed by atoms with van der Waals surface area (Å²) in [6.45, 7) is 4.14. The van der Waals surface area contributed by atoms with Crippen LogP contribution in [0.15, 0.2) is 51.7 Å². The number of fused-ring (bicyclic) bond motifs is 2. The Morgan fingerprint density at radius 2 is 1.91 bits per heavy atom. The van der Waals surface area contributed by atoms with Crippen LogP contribution in [0.4, 0.5) is 9.52 Å². The van der Waals surface area contributed by atoms with E-state index in [0.29, 0.717) is 21.6 Å². The summed E-state index contributed by atoms with van der Waals surface area (Å²) in [7, 11) is 0. The molecule has 2 aromatic carbocycles. The fraction of sp³-hybridized carbons (Fsp3) is 0.217. The maximum atomic E-state index is 13.9. The number of carbonyl (C=O) groups excluding carboxylic acids is 1. The first-order chi connectivity index (χ1) is 15.3. The molecule has 0 saturated heterocycles. The first kappa shape index (κ1) is 20.8. The smallest absolute Gasteiger partial charge is 0.297 e. The summed E-state index contributed by atoms with van der Waals surface area (Å²) in [5.74, 6) is -0.751. The Labute approximate surface area is 191 Å². The number of rotatable bonds is 4. The summed E-state index contributed by atoms with van der Waals surface area (Å²) in [6.07, 6.45) is 0.721. The summed E-state index contributed by atoms with van der Waals surface area (Å²) in [4.78, 5) is 28.3. The molecule has 0 aliphatic carbocycles. The minimum atomic E-state index is -0.793. The summed E-state index contributed by atoms with van der Waals surface area (Å²) in [5, 5.41) is 10.2. The highest BCUT2D eigenvalue weighted by atomic mass is 35.5. The van der Waals surface area contributed by atoms with Gasteiger partial charge in [0.25, 0.3) is 5.91 Å². The summed E-state index contributed by atoms with van der Waals surface area (Å²) in [5.41, 5.74) is 0.502. The van der Waals surface area contributed by atoms with Gasteiger partial charge < -0.3 is 4.42 Å². The molecular formula is C23H17ClFN3O3S. The van der Waals surface area contributed by atoms with E-state index in [1.54, 1.807) is 24.3 Å². The number of halogens is 2. The van der Waals surface area contributed by atoms with Gasteiger partial charge in [-0.15, -0.1) is 10.2 Å². The molecular weight excluding hydrogens is 453 g/mol. The standard InChI is InChI=1S/C23H17ClFN3O3S/c1-11(2)9-17-26-27-23(32-17)28-19(12-3-5-13(24)6-4-12)18-20(29)15-10-14(25)7-8-16(15)31-21(18)22(28)30/h3-8,10-11,19H,9H2,1-2H3/t19-/m0/s1. The molecule has 2 aromatic heterocycles. The van der Waals surface area contributed by atoms with Crippen molar-refractivity contribution in [3.8, 4) is 0 Å². The Kier molecular flexibility index (Phi) is 5.06. The number of carbonyl (C=O) groups is 1. The molecule has 3 heterocycles. The molecule has 0 bridgehead atoms. The lowest BCUT2D eigenvalue weighted by Crippen LogP contribution is -2.29. The maximum absolute atomic E-state index is 13.9. The topological polar surface area (TPSA) is 76.3 Å². The van der Waals surface area contributed by atoms with E-state index in [1.807, 2.05) is 0 Å². The quantitative estimate of drug-likeness (QED) is 0.400. The van der Waals surface area contributed by atoms with E-state index in [0.717, 1.165) is 17.5 Å². The average molecular weight is 470 g/mol. The van der Waals surface area contributed by atoms with Gasteiger partial charge in [0.1, 0.15) is 16.4 Å². The van der Waals surface area contributed by atoms with Crippen molar-refractivity contribution in [3.63, 3.8) is 0 Å². The van der Waals surface area contributed by atoms with Crippen molar-refractivity contribution in [2.75, 3.05) is 4.90 Å². The fourth-order valence-electron chi connectivity index (χ4n) is 3.88. The monoisotopic (exact) mass is 469 g/mol. The predicted octanol–water partition coefficient (Wildman–Crippen LogP) is 5.39. The first-order valence-electron chi connectivity index (χ1n) is 10.0. The normalized spacial score (nSPS) is 15.7. The lowest BCUT2D eigenvalue weighted by Gasteiger charge is -2.22. The Bertz CT molecular complexity index is 1410. The molecule has 5 rings (SSSR count). The van der Waals surface area contributed by atoms with Crippen molar-refractivity contribution >= 4 is 44.9 Å². The van der Waals surface area contributed by atoms with E-state index in [-0.39, 0.29) is 22.3 Å². The van der Waals surface area contributed by atoms with Crippen LogP contribution >= 0.6 is 22.9 Å². The molecule has 0 fully saturated rings. The van der Waals surface area contributed by atoms with Crippen LogP contribution in [0.2, 0.25) is 5.02 Å². The number of hydrogen-bond acceptors (Lipinski definition) is 6. The fourth-order valence-corrected chi connectivity index (χ4v) is 5.08. The van der Waals surface area contributed by atoms with Gasteiger partial charge in [-0.1, -0.05) is 48.9 Å². The third-order valence-electron chi connectivity index (χ3n) is 5.26. The molecule has 0 unspecified atom stereocenters. The molecule has 0 spiro atoms. The number of amides is 1. The number of anilines is 1. The van der Waals surface area contributed by atoms with Gasteiger partial charge in [-0.3, -0.25) is 14.5 Å². The van der Waals surface area contributed by atoms with Crippen LogP contribution in [-0.2, 0) is 6.42 Å². The second kappa shape index (κ2) is 7.79. The van der Waals surface area contributed by atoms with E-state index < -0.39 is 23.2 Å². The highest BCUT2D eigenvalue weighted by Crippen LogP contribution is 2.42. The lowest BCUT2D eigenvalue weighted by molar-refractivity contribution is 0.0970. The number of aromatic nitrogens is 2. The summed E-state index contributed by atoms with van der Waals surface area (Å²) < 4.78 is 19.7. The van der Waals surface area contributed by atoms with E-state index in [2.05, 4.69) is 24.0 Å². The summed E-state index contributed by atoms with van der Waals surface area (Å²) >= 11 is 7.36. The van der Waals surface area contributed by atoms with Crippen LogP contribution in [0.1, 0.15) is 46.6 Å². The van der Waals surface area contributed by atoms with Gasteiger partial charge in [-0.2, -0.15) is 0 Å². The zero-order chi connectivity index (χ0) is 22.6. The van der Waals surface area contributed by atoms with Gasteiger partial charge in [0, 0.05) is 11.4 Å². The van der Waals surface area contributed by atoms with Crippen molar-refractivity contribution in [1.29, 1.82) is 0 Å². The molecule has 0 N–H and O–H groups in total. The van der Waals surface area contributed by atoms with Crippen LogP contribution in [0.3, 0.4) is 0 Å². The van der Waals surface area contributed by atoms with Gasteiger partial charge in [0.2, 0.25) is 10.9 Å². The minimum absolute atomic E-state index is 0.0744. The molecule has 0 radical (unpaired) electrons. The first-order valence-corrected chi connectivity index (χ1v) is 11.2. The van der Waals surface area contributed by atoms with E-state index in [9.17, 15) is 14.0 Å². The molecule has 32 heavy (non-hydrogen) atoms. The number of hydrogen-bond donors (Lipinski definition) is 0. The van der Waals surface area contributed by atoms with Gasteiger partial charge in [-0.25, -0.2) is 4.39 Å². The second-order valence-corrected chi connectivity index (χ2v) is 9.50. The third kappa shape index (κ3) is 3.40. The van der Waals surface area contributed by atoms with Crippen LogP contribution in [0.25, 0.3) is 11.0 Å². The Morgan fingerprint density at radius 1 is 1.16 bits per heavy atom.